The first kappa shape index (κ1) is 13.9. The monoisotopic (exact) mass is 277 g/mol. The number of nitro groups is 1. The Balaban J connectivity index is 2.18. The Morgan fingerprint density at radius 1 is 1.45 bits per heavy atom. The number of nitrogens with zero attached hydrogens (tertiary/aromatic N) is 2. The number of likely N-dealkylation sites (N-methyl/N-ethyl adjacent to an activating group) is 1. The molecular formula is C12H15N5O3. The molecule has 8 nitrogen and oxygen atoms in total. The number of aromatic nitrogens is 2. The smallest absolute Gasteiger partial charge is 0.272 e. The number of rotatable bonds is 6. The van der Waals surface area contributed by atoms with Crippen molar-refractivity contribution in [3.05, 3.63) is 34.0 Å². The van der Waals surface area contributed by atoms with Crippen LogP contribution in [0.2, 0.25) is 0 Å². The summed E-state index contributed by atoms with van der Waals surface area (Å²) >= 11 is 0. The summed E-state index contributed by atoms with van der Waals surface area (Å²) in [4.78, 5) is 22.2. The van der Waals surface area contributed by atoms with E-state index in [1.807, 2.05) is 6.92 Å². The zero-order valence-electron chi connectivity index (χ0n) is 11.0. The number of nitro benzene ring substituents is 1. The van der Waals surface area contributed by atoms with Gasteiger partial charge in [0.1, 0.15) is 0 Å². The van der Waals surface area contributed by atoms with Crippen molar-refractivity contribution in [2.75, 3.05) is 19.6 Å². The number of benzene rings is 1. The van der Waals surface area contributed by atoms with E-state index in [2.05, 4.69) is 20.8 Å². The lowest BCUT2D eigenvalue weighted by Gasteiger charge is -2.03. The summed E-state index contributed by atoms with van der Waals surface area (Å²) in [5.41, 5.74) is 0.688. The molecule has 3 N–H and O–H groups in total. The second-order valence-corrected chi connectivity index (χ2v) is 4.17. The molecular weight excluding hydrogens is 262 g/mol. The lowest BCUT2D eigenvalue weighted by Crippen LogP contribution is -2.32. The Kier molecular flexibility index (Phi) is 4.26. The van der Waals surface area contributed by atoms with E-state index in [4.69, 9.17) is 0 Å². The van der Waals surface area contributed by atoms with E-state index in [9.17, 15) is 14.9 Å². The van der Waals surface area contributed by atoms with Crippen LogP contribution < -0.4 is 10.6 Å². The number of non-ortho nitro benzene ring substituents is 1. The Hall–Kier alpha value is -2.48. The van der Waals surface area contributed by atoms with Crippen LogP contribution in [0.15, 0.2) is 18.2 Å². The van der Waals surface area contributed by atoms with Crippen LogP contribution in [-0.4, -0.2) is 40.7 Å². The molecule has 0 atom stereocenters. The molecule has 1 aromatic heterocycles. The molecule has 0 bridgehead atoms. The number of nitrogens with one attached hydrogen (secondary N) is 3. The van der Waals surface area contributed by atoms with Crippen LogP contribution in [0.1, 0.15) is 17.4 Å². The molecule has 2 rings (SSSR count). The maximum Gasteiger partial charge on any atom is 0.272 e. The third kappa shape index (κ3) is 2.91. The van der Waals surface area contributed by atoms with E-state index in [0.717, 1.165) is 6.54 Å². The van der Waals surface area contributed by atoms with Crippen molar-refractivity contribution in [1.82, 2.24) is 20.8 Å². The van der Waals surface area contributed by atoms with Gasteiger partial charge in [-0.3, -0.25) is 20.0 Å². The van der Waals surface area contributed by atoms with Gasteiger partial charge in [-0.1, -0.05) is 6.92 Å². The Morgan fingerprint density at radius 2 is 2.25 bits per heavy atom. The van der Waals surface area contributed by atoms with E-state index in [1.54, 1.807) is 0 Å². The van der Waals surface area contributed by atoms with E-state index in [-0.39, 0.29) is 17.3 Å². The van der Waals surface area contributed by atoms with Crippen LogP contribution in [0.25, 0.3) is 10.9 Å². The molecule has 0 fully saturated rings. The molecule has 0 saturated heterocycles. The summed E-state index contributed by atoms with van der Waals surface area (Å²) in [6.45, 7) is 3.93. The van der Waals surface area contributed by atoms with Crippen molar-refractivity contribution in [3.63, 3.8) is 0 Å². The van der Waals surface area contributed by atoms with Gasteiger partial charge in [0.25, 0.3) is 11.6 Å². The van der Waals surface area contributed by atoms with Crippen molar-refractivity contribution in [2.24, 2.45) is 0 Å². The van der Waals surface area contributed by atoms with Crippen molar-refractivity contribution in [1.29, 1.82) is 0 Å². The molecule has 106 valence electrons. The minimum absolute atomic E-state index is 0.0689. The predicted octanol–water partition coefficient (Wildman–Crippen LogP) is 0.810. The Morgan fingerprint density at radius 3 is 2.95 bits per heavy atom. The fourth-order valence-corrected chi connectivity index (χ4v) is 1.81. The van der Waals surface area contributed by atoms with Crippen molar-refractivity contribution in [3.8, 4) is 0 Å². The first-order valence-corrected chi connectivity index (χ1v) is 6.25. The fraction of sp³-hybridized carbons (Fsp3) is 0.333. The van der Waals surface area contributed by atoms with Crippen LogP contribution >= 0.6 is 0 Å². The Bertz CT molecular complexity index is 637. The molecule has 2 aromatic rings. The summed E-state index contributed by atoms with van der Waals surface area (Å²) in [7, 11) is 0. The van der Waals surface area contributed by atoms with Gasteiger partial charge >= 0.3 is 0 Å². The average molecular weight is 277 g/mol. The first-order chi connectivity index (χ1) is 9.63. The van der Waals surface area contributed by atoms with Gasteiger partial charge in [-0.2, -0.15) is 5.10 Å². The molecule has 1 amide bonds. The topological polar surface area (TPSA) is 113 Å². The fourth-order valence-electron chi connectivity index (χ4n) is 1.81. The summed E-state index contributed by atoms with van der Waals surface area (Å²) in [5.74, 6) is -0.352. The minimum Gasteiger partial charge on any atom is -0.349 e. The zero-order chi connectivity index (χ0) is 14.5. The zero-order valence-corrected chi connectivity index (χ0v) is 11.0. The summed E-state index contributed by atoms with van der Waals surface area (Å²) < 4.78 is 0. The van der Waals surface area contributed by atoms with Crippen molar-refractivity contribution >= 4 is 22.5 Å². The Labute approximate surface area is 114 Å². The minimum atomic E-state index is -0.501. The molecule has 0 radical (unpaired) electrons. The van der Waals surface area contributed by atoms with Gasteiger partial charge in [0.2, 0.25) is 0 Å². The summed E-state index contributed by atoms with van der Waals surface area (Å²) in [6, 6.07) is 4.25. The normalized spacial score (nSPS) is 10.7. The lowest BCUT2D eigenvalue weighted by atomic mass is 10.2. The van der Waals surface area contributed by atoms with Gasteiger partial charge in [0.15, 0.2) is 5.69 Å². The molecule has 20 heavy (non-hydrogen) atoms. The van der Waals surface area contributed by atoms with E-state index < -0.39 is 4.92 Å². The number of carbonyl (C=O) groups excluding carboxylic acids is 1. The highest BCUT2D eigenvalue weighted by Crippen LogP contribution is 2.21. The molecule has 0 saturated carbocycles. The number of hydrogen-bond acceptors (Lipinski definition) is 5. The quantitative estimate of drug-likeness (QED) is 0.411. The van der Waals surface area contributed by atoms with Gasteiger partial charge in [-0.15, -0.1) is 0 Å². The number of amides is 1. The number of hydrogen-bond donors (Lipinski definition) is 3. The maximum atomic E-state index is 12.0. The molecule has 1 heterocycles. The average Bonchev–Trinajstić information content (AvgIpc) is 2.86. The first-order valence-electron chi connectivity index (χ1n) is 6.25. The largest absolute Gasteiger partial charge is 0.349 e. The van der Waals surface area contributed by atoms with Gasteiger partial charge in [0.05, 0.1) is 10.4 Å². The highest BCUT2D eigenvalue weighted by molar-refractivity contribution is 6.05. The standard InChI is InChI=1S/C12H15N5O3/c1-2-13-5-6-14-12(18)11-9-7-8(17(19)20)3-4-10(9)15-16-11/h3-4,7,13H,2,5-6H2,1H3,(H,14,18)(H,15,16). The molecule has 0 unspecified atom stereocenters. The lowest BCUT2D eigenvalue weighted by molar-refractivity contribution is -0.384. The summed E-state index contributed by atoms with van der Waals surface area (Å²) in [6.07, 6.45) is 0. The van der Waals surface area contributed by atoms with E-state index >= 15 is 0 Å². The molecule has 0 aliphatic carbocycles. The van der Waals surface area contributed by atoms with Crippen molar-refractivity contribution in [2.45, 2.75) is 6.92 Å². The van der Waals surface area contributed by atoms with Gasteiger partial charge in [-0.25, -0.2) is 0 Å². The number of H-pyrrole nitrogens is 1. The van der Waals surface area contributed by atoms with Crippen LogP contribution in [0.3, 0.4) is 0 Å². The van der Waals surface area contributed by atoms with Crippen LogP contribution in [-0.2, 0) is 0 Å². The highest BCUT2D eigenvalue weighted by Gasteiger charge is 2.16. The van der Waals surface area contributed by atoms with Gasteiger partial charge in [-0.05, 0) is 12.6 Å². The van der Waals surface area contributed by atoms with Gasteiger partial charge < -0.3 is 10.6 Å². The van der Waals surface area contributed by atoms with Gasteiger partial charge in [0, 0.05) is 30.6 Å². The number of fused-ring (bicyclic) bond motifs is 1. The van der Waals surface area contributed by atoms with Crippen LogP contribution in [0.5, 0.6) is 0 Å². The molecule has 0 spiro atoms. The molecule has 8 heteroatoms. The molecule has 0 aliphatic rings. The third-order valence-electron chi connectivity index (χ3n) is 2.81. The SMILES string of the molecule is CCNCCNC(=O)c1n[nH]c2ccc([N+](=O)[O-])cc12. The van der Waals surface area contributed by atoms with E-state index in [0.29, 0.717) is 24.0 Å². The van der Waals surface area contributed by atoms with Crippen molar-refractivity contribution < 1.29 is 9.72 Å². The van der Waals surface area contributed by atoms with Crippen LogP contribution in [0.4, 0.5) is 5.69 Å². The molecule has 0 aliphatic heterocycles. The van der Waals surface area contributed by atoms with E-state index in [1.165, 1.54) is 18.2 Å². The molecule has 1 aromatic carbocycles. The third-order valence-corrected chi connectivity index (χ3v) is 2.81. The maximum absolute atomic E-state index is 12.0. The second-order valence-electron chi connectivity index (χ2n) is 4.17. The highest BCUT2D eigenvalue weighted by atomic mass is 16.6. The summed E-state index contributed by atoms with van der Waals surface area (Å²) in [5, 5.41) is 23.6. The predicted molar refractivity (Wildman–Crippen MR) is 73.6 cm³/mol. The van der Waals surface area contributed by atoms with Crippen LogP contribution in [0, 0.1) is 10.1 Å². The second kappa shape index (κ2) is 6.11. The number of aromatic amines is 1. The number of carbonyl (C=O) groups is 1.